The van der Waals surface area contributed by atoms with Gasteiger partial charge in [-0.15, -0.1) is 5.10 Å². The molecule has 4 rings (SSSR count). The molecule has 0 spiro atoms. The van der Waals surface area contributed by atoms with E-state index in [0.717, 1.165) is 11.3 Å². The Morgan fingerprint density at radius 1 is 1.03 bits per heavy atom. The number of primary sulfonamides is 1. The van der Waals surface area contributed by atoms with Gasteiger partial charge in [0.25, 0.3) is 21.4 Å². The van der Waals surface area contributed by atoms with Gasteiger partial charge < -0.3 is 0 Å². The molecule has 2 heterocycles. The maximum absolute atomic E-state index is 11.2. The summed E-state index contributed by atoms with van der Waals surface area (Å²) in [5.74, 6) is -0.0881. The second kappa shape index (κ2) is 10.1. The van der Waals surface area contributed by atoms with Crippen LogP contribution in [0.1, 0.15) is 10.4 Å². The number of alkyl halides is 1. The fraction of sp³-hybridized carbons (Fsp3) is 0.0556. The minimum absolute atomic E-state index is 0.00822. The number of hydrogen-bond acceptors (Lipinski definition) is 10. The van der Waals surface area contributed by atoms with Crippen LogP contribution in [0.3, 0.4) is 0 Å². The average Bonchev–Trinajstić information content (AvgIpc) is 3.39. The highest BCUT2D eigenvalue weighted by Crippen LogP contribution is 2.25. The number of nitrogens with two attached hydrogens (primary N) is 1. The summed E-state index contributed by atoms with van der Waals surface area (Å²) in [5.41, 5.74) is 1.64. The number of carbonyl (C=O) groups excluding carboxylic acids is 1. The molecule has 13 nitrogen and oxygen atoms in total. The molecule has 0 fully saturated rings. The van der Waals surface area contributed by atoms with Crippen LogP contribution in [0.25, 0.3) is 16.2 Å². The maximum atomic E-state index is 11.2. The lowest BCUT2D eigenvalue weighted by atomic mass is 10.1. The van der Waals surface area contributed by atoms with Crippen molar-refractivity contribution in [2.45, 2.75) is 4.34 Å². The van der Waals surface area contributed by atoms with Crippen LogP contribution < -0.4 is 5.14 Å². The van der Waals surface area contributed by atoms with Crippen LogP contribution in [-0.2, 0) is 10.0 Å². The Morgan fingerprint density at radius 3 is 2.00 bits per heavy atom. The number of nitro benzene ring substituents is 2. The van der Waals surface area contributed by atoms with Gasteiger partial charge in [-0.25, -0.2) is 23.1 Å². The molecule has 34 heavy (non-hydrogen) atoms. The van der Waals surface area contributed by atoms with E-state index in [-0.39, 0.29) is 26.8 Å². The molecule has 16 heteroatoms. The highest BCUT2D eigenvalue weighted by molar-refractivity contribution is 9.09. The molecule has 0 saturated carbocycles. The van der Waals surface area contributed by atoms with Gasteiger partial charge in [0.2, 0.25) is 9.30 Å². The van der Waals surface area contributed by atoms with Crippen molar-refractivity contribution in [2.24, 2.45) is 5.14 Å². The van der Waals surface area contributed by atoms with E-state index in [9.17, 15) is 33.4 Å². The molecule has 0 aliphatic carbocycles. The van der Waals surface area contributed by atoms with Gasteiger partial charge in [0, 0.05) is 35.4 Å². The summed E-state index contributed by atoms with van der Waals surface area (Å²) in [6.07, 6.45) is 1.53. The van der Waals surface area contributed by atoms with E-state index in [2.05, 4.69) is 26.0 Å². The van der Waals surface area contributed by atoms with E-state index in [1.807, 2.05) is 0 Å². The third-order valence-corrected chi connectivity index (χ3v) is 6.91. The zero-order valence-corrected chi connectivity index (χ0v) is 20.0. The van der Waals surface area contributed by atoms with E-state index in [0.29, 0.717) is 21.8 Å². The quantitative estimate of drug-likeness (QED) is 0.157. The SMILES string of the molecule is NS(=O)(=O)c1nn2cc(-c3ccc([N+](=O)[O-])cc3)nc2s1.O=C(CBr)c1ccc([N+](=O)[O-])cc1. The van der Waals surface area contributed by atoms with Gasteiger partial charge in [-0.3, -0.25) is 25.0 Å². The summed E-state index contributed by atoms with van der Waals surface area (Å²) in [6.45, 7) is 0. The zero-order chi connectivity index (χ0) is 25.0. The first-order chi connectivity index (χ1) is 16.0. The normalized spacial score (nSPS) is 11.0. The van der Waals surface area contributed by atoms with Crippen LogP contribution in [-0.4, -0.2) is 44.0 Å². The highest BCUT2D eigenvalue weighted by atomic mass is 79.9. The van der Waals surface area contributed by atoms with Crippen LogP contribution in [0.15, 0.2) is 59.1 Å². The van der Waals surface area contributed by atoms with Gasteiger partial charge in [-0.2, -0.15) is 0 Å². The number of sulfonamides is 1. The molecule has 4 aromatic rings. The number of ketones is 1. The number of aromatic nitrogens is 3. The predicted molar refractivity (Wildman–Crippen MR) is 126 cm³/mol. The molecule has 176 valence electrons. The van der Waals surface area contributed by atoms with Crippen molar-refractivity contribution >= 4 is 59.4 Å². The Morgan fingerprint density at radius 2 is 1.56 bits per heavy atom. The molecule has 0 atom stereocenters. The number of Topliss-reactive ketones (excluding diaryl/α,β-unsaturated/α-hetero) is 1. The van der Waals surface area contributed by atoms with Gasteiger partial charge in [-0.1, -0.05) is 27.3 Å². The summed E-state index contributed by atoms with van der Waals surface area (Å²) >= 11 is 3.86. The molecule has 0 saturated heterocycles. The molecule has 0 aliphatic rings. The number of fused-ring (bicyclic) bond motifs is 1. The van der Waals surface area contributed by atoms with Crippen LogP contribution in [0.4, 0.5) is 11.4 Å². The monoisotopic (exact) mass is 568 g/mol. The lowest BCUT2D eigenvalue weighted by molar-refractivity contribution is -0.385. The zero-order valence-electron chi connectivity index (χ0n) is 16.8. The number of rotatable bonds is 6. The number of non-ortho nitro benzene ring substituents is 2. The smallest absolute Gasteiger partial charge is 0.269 e. The third kappa shape index (κ3) is 5.84. The van der Waals surface area contributed by atoms with Crippen molar-refractivity contribution in [1.29, 1.82) is 0 Å². The molecule has 2 aromatic carbocycles. The van der Waals surface area contributed by atoms with Gasteiger partial charge in [-0.05, 0) is 24.3 Å². The highest BCUT2D eigenvalue weighted by Gasteiger charge is 2.17. The van der Waals surface area contributed by atoms with Crippen molar-refractivity contribution in [3.05, 3.63) is 80.5 Å². The average molecular weight is 569 g/mol. The van der Waals surface area contributed by atoms with E-state index in [1.165, 1.54) is 47.1 Å². The summed E-state index contributed by atoms with van der Waals surface area (Å²) in [7, 11) is -3.86. The first-order valence-electron chi connectivity index (χ1n) is 8.97. The van der Waals surface area contributed by atoms with Crippen molar-refractivity contribution in [1.82, 2.24) is 14.6 Å². The fourth-order valence-electron chi connectivity index (χ4n) is 2.54. The Balaban J connectivity index is 0.000000215. The Kier molecular flexibility index (Phi) is 7.45. The second-order valence-electron chi connectivity index (χ2n) is 6.43. The number of benzene rings is 2. The van der Waals surface area contributed by atoms with Crippen molar-refractivity contribution < 1.29 is 23.1 Å². The summed E-state index contributed by atoms with van der Waals surface area (Å²) in [5, 5.41) is 29.9. The van der Waals surface area contributed by atoms with E-state index in [4.69, 9.17) is 5.14 Å². The van der Waals surface area contributed by atoms with Crippen molar-refractivity contribution in [3.63, 3.8) is 0 Å². The molecule has 2 N–H and O–H groups in total. The molecular formula is C18H13BrN6O7S2. The largest absolute Gasteiger partial charge is 0.293 e. The van der Waals surface area contributed by atoms with Gasteiger partial charge in [0.15, 0.2) is 5.78 Å². The first-order valence-corrected chi connectivity index (χ1v) is 12.5. The molecule has 0 bridgehead atoms. The number of nitrogens with zero attached hydrogens (tertiary/aromatic N) is 5. The summed E-state index contributed by atoms with van der Waals surface area (Å²) < 4.78 is 23.4. The molecule has 0 aliphatic heterocycles. The summed E-state index contributed by atoms with van der Waals surface area (Å²) in [4.78, 5) is 35.5. The minimum Gasteiger partial charge on any atom is -0.293 e. The second-order valence-corrected chi connectivity index (χ2v) is 9.68. The fourth-order valence-corrected chi connectivity index (χ4v) is 4.37. The number of imidazole rings is 1. The minimum atomic E-state index is -3.86. The van der Waals surface area contributed by atoms with E-state index < -0.39 is 19.9 Å². The molecule has 0 unspecified atom stereocenters. The lowest BCUT2D eigenvalue weighted by Crippen LogP contribution is -2.12. The third-order valence-electron chi connectivity index (χ3n) is 4.16. The summed E-state index contributed by atoms with van der Waals surface area (Å²) in [6, 6.07) is 11.4. The molecular weight excluding hydrogens is 556 g/mol. The number of carbonyl (C=O) groups is 1. The van der Waals surface area contributed by atoms with E-state index >= 15 is 0 Å². The Bertz CT molecular complexity index is 1450. The number of nitro groups is 2. The van der Waals surface area contributed by atoms with Gasteiger partial charge >= 0.3 is 0 Å². The molecule has 0 amide bonds. The van der Waals surface area contributed by atoms with Crippen molar-refractivity contribution in [2.75, 3.05) is 5.33 Å². The first kappa shape index (κ1) is 25.0. The Hall–Kier alpha value is -3.60. The topological polar surface area (TPSA) is 194 Å². The lowest BCUT2D eigenvalue weighted by Gasteiger charge is -1.95. The van der Waals surface area contributed by atoms with Crippen LogP contribution >= 0.6 is 27.3 Å². The standard InChI is InChI=1S/C10H7N5O4S2.C8H6BrNO3/c11-21(18,19)10-13-14-5-8(12-9(14)20-10)6-1-3-7(4-2-6)15(16)17;9-5-8(11)6-1-3-7(4-2-6)10(12)13/h1-5H,(H2,11,18,19);1-4H,5H2. The number of hydrogen-bond donors (Lipinski definition) is 1. The maximum Gasteiger partial charge on any atom is 0.269 e. The molecule has 0 radical (unpaired) electrons. The predicted octanol–water partition coefficient (Wildman–Crippen LogP) is 3.19. The van der Waals surface area contributed by atoms with Crippen LogP contribution in [0.5, 0.6) is 0 Å². The number of halogens is 1. The van der Waals surface area contributed by atoms with Crippen LogP contribution in [0.2, 0.25) is 0 Å². The molecule has 2 aromatic heterocycles. The van der Waals surface area contributed by atoms with Gasteiger partial charge in [0.1, 0.15) is 0 Å². The van der Waals surface area contributed by atoms with Gasteiger partial charge in [0.05, 0.1) is 27.1 Å². The van der Waals surface area contributed by atoms with E-state index in [1.54, 1.807) is 12.1 Å². The van der Waals surface area contributed by atoms with Crippen molar-refractivity contribution in [3.8, 4) is 11.3 Å². The Labute approximate surface area is 203 Å². The van der Waals surface area contributed by atoms with Crippen LogP contribution in [0, 0.1) is 20.2 Å².